The van der Waals surface area contributed by atoms with Crippen LogP contribution in [0.4, 0.5) is 11.5 Å². The molecule has 0 aromatic carbocycles. The van der Waals surface area contributed by atoms with Gasteiger partial charge in [-0.25, -0.2) is 19.8 Å². The van der Waals surface area contributed by atoms with E-state index in [1.807, 2.05) is 0 Å². The Morgan fingerprint density at radius 2 is 2.13 bits per heavy atom. The number of H-pyrrole nitrogens is 2. The Morgan fingerprint density at radius 1 is 1.30 bits per heavy atom. The molecule has 0 saturated carbocycles. The van der Waals surface area contributed by atoms with Crippen LogP contribution in [-0.2, 0) is 0 Å². The number of hydrogen-bond donors (Lipinski definition) is 4. The fourth-order valence-electron chi connectivity index (χ4n) is 2.26. The molecule has 0 aliphatic carbocycles. The average Bonchev–Trinajstić information content (AvgIpc) is 2.84. The second-order valence-corrected chi connectivity index (χ2v) is 5.56. The number of carbonyl (C=O) groups is 1. The summed E-state index contributed by atoms with van der Waals surface area (Å²) in [6.07, 6.45) is 2.90. The van der Waals surface area contributed by atoms with E-state index in [1.54, 1.807) is 12.3 Å². The van der Waals surface area contributed by atoms with Crippen LogP contribution in [0.2, 0.25) is 0 Å². The highest BCUT2D eigenvalue weighted by Gasteiger charge is 2.19. The maximum Gasteiger partial charge on any atom is 0.353 e. The number of rotatable bonds is 3. The zero-order valence-electron chi connectivity index (χ0n) is 11.2. The molecule has 4 rings (SSSR count). The molecule has 0 fully saturated rings. The number of aromatic nitrogens is 4. The minimum absolute atomic E-state index is 0.0400. The third kappa shape index (κ3) is 2.03. The molecule has 10 heteroatoms. The van der Waals surface area contributed by atoms with E-state index in [0.717, 1.165) is 5.22 Å². The third-order valence-corrected chi connectivity index (χ3v) is 4.17. The summed E-state index contributed by atoms with van der Waals surface area (Å²) in [4.78, 5) is 40.6. The van der Waals surface area contributed by atoms with Crippen LogP contribution >= 0.6 is 15.9 Å². The molecule has 0 bridgehead atoms. The van der Waals surface area contributed by atoms with Gasteiger partial charge in [0, 0.05) is 11.4 Å². The molecule has 9 nitrogen and oxygen atoms in total. The van der Waals surface area contributed by atoms with Crippen molar-refractivity contribution < 1.29 is 9.90 Å². The summed E-state index contributed by atoms with van der Waals surface area (Å²) in [6.45, 7) is 0. The summed E-state index contributed by atoms with van der Waals surface area (Å²) in [6, 6.07) is 1.65. The van der Waals surface area contributed by atoms with Crippen molar-refractivity contribution in [2.45, 2.75) is 0 Å². The molecular formula is C13H7BrN6O3. The van der Waals surface area contributed by atoms with Crippen LogP contribution in [0.1, 0.15) is 10.5 Å². The summed E-state index contributed by atoms with van der Waals surface area (Å²) in [7, 11) is 0. The first kappa shape index (κ1) is 13.6. The largest absolute Gasteiger partial charge is 0.477 e. The highest BCUT2D eigenvalue weighted by Crippen LogP contribution is 2.32. The van der Waals surface area contributed by atoms with E-state index < -0.39 is 5.97 Å². The lowest BCUT2D eigenvalue weighted by molar-refractivity contribution is 0.0690. The number of nitrogens with one attached hydrogen (secondary N) is 3. The molecule has 23 heavy (non-hydrogen) atoms. The van der Waals surface area contributed by atoms with Gasteiger partial charge in [-0.1, -0.05) is 0 Å². The number of pyridine rings is 1. The first-order valence-electron chi connectivity index (χ1n) is 6.38. The van der Waals surface area contributed by atoms with Crippen molar-refractivity contribution in [2.75, 3.05) is 5.32 Å². The molecule has 0 radical (unpaired) electrons. The topological polar surface area (TPSA) is 136 Å². The molecule has 0 spiro atoms. The van der Waals surface area contributed by atoms with Crippen LogP contribution in [-0.4, -0.2) is 31.0 Å². The zero-order chi connectivity index (χ0) is 16.1. The van der Waals surface area contributed by atoms with Crippen molar-refractivity contribution in [3.63, 3.8) is 0 Å². The second kappa shape index (κ2) is 4.74. The molecule has 4 N–H and O–H groups in total. The fourth-order valence-corrected chi connectivity index (χ4v) is 2.90. The van der Waals surface area contributed by atoms with E-state index in [0.29, 0.717) is 26.8 Å². The van der Waals surface area contributed by atoms with Crippen LogP contribution in [0.15, 0.2) is 26.7 Å². The zero-order valence-corrected chi connectivity index (χ0v) is 12.8. The van der Waals surface area contributed by atoms with Gasteiger partial charge in [0.1, 0.15) is 34.7 Å². The molecule has 0 atom stereocenters. The lowest BCUT2D eigenvalue weighted by Crippen LogP contribution is -2.39. The second-order valence-electron chi connectivity index (χ2n) is 4.76. The smallest absolute Gasteiger partial charge is 0.353 e. The Balaban J connectivity index is 1.89. The Kier molecular flexibility index (Phi) is 2.81. The number of fused-ring (bicyclic) bond motifs is 2. The fraction of sp³-hybridized carbons (Fsp3) is 0. The van der Waals surface area contributed by atoms with E-state index >= 15 is 0 Å². The highest BCUT2D eigenvalue weighted by molar-refractivity contribution is 9.10. The van der Waals surface area contributed by atoms with Crippen molar-refractivity contribution in [3.05, 3.63) is 43.6 Å². The molecule has 0 unspecified atom stereocenters. The molecule has 3 aromatic heterocycles. The van der Waals surface area contributed by atoms with Gasteiger partial charge in [-0.3, -0.25) is 4.79 Å². The molecule has 114 valence electrons. The van der Waals surface area contributed by atoms with Crippen LogP contribution in [0.5, 0.6) is 0 Å². The number of anilines is 2. The predicted molar refractivity (Wildman–Crippen MR) is 84.1 cm³/mol. The highest BCUT2D eigenvalue weighted by atomic mass is 79.9. The molecular weight excluding hydrogens is 368 g/mol. The number of halogens is 1. The van der Waals surface area contributed by atoms with Gasteiger partial charge in [0.05, 0.1) is 9.86 Å². The normalized spacial score (nSPS) is 12.0. The quantitative estimate of drug-likeness (QED) is 0.517. The van der Waals surface area contributed by atoms with E-state index in [9.17, 15) is 9.59 Å². The lowest BCUT2D eigenvalue weighted by Gasteiger charge is -2.07. The molecule has 1 aliphatic heterocycles. The van der Waals surface area contributed by atoms with Crippen molar-refractivity contribution in [1.29, 1.82) is 0 Å². The van der Waals surface area contributed by atoms with Gasteiger partial charge in [-0.15, -0.1) is 0 Å². The summed E-state index contributed by atoms with van der Waals surface area (Å²) < 4.78 is 0.310. The minimum Gasteiger partial charge on any atom is -0.477 e. The Morgan fingerprint density at radius 3 is 2.83 bits per heavy atom. The Bertz CT molecular complexity index is 1160. The first-order chi connectivity index (χ1) is 11.0. The monoisotopic (exact) mass is 374 g/mol. The number of hydrogen-bond acceptors (Lipinski definition) is 6. The summed E-state index contributed by atoms with van der Waals surface area (Å²) >= 11 is 3.23. The van der Waals surface area contributed by atoms with Crippen molar-refractivity contribution >= 4 is 50.6 Å². The van der Waals surface area contributed by atoms with Gasteiger partial charge >= 0.3 is 5.97 Å². The number of aromatic carboxylic acids is 1. The van der Waals surface area contributed by atoms with E-state index in [4.69, 9.17) is 5.11 Å². The van der Waals surface area contributed by atoms with E-state index in [1.165, 1.54) is 6.33 Å². The number of carboxylic acids is 1. The summed E-state index contributed by atoms with van der Waals surface area (Å²) in [5.74, 6) is -0.816. The molecule has 0 amide bonds. The van der Waals surface area contributed by atoms with Gasteiger partial charge in [-0.05, 0) is 22.0 Å². The number of carboxylic acid groups (broad SMARTS) is 1. The summed E-state index contributed by atoms with van der Waals surface area (Å²) in [5, 5.41) is 13.3. The van der Waals surface area contributed by atoms with Gasteiger partial charge in [0.15, 0.2) is 0 Å². The van der Waals surface area contributed by atoms with Gasteiger partial charge in [-0.2, -0.15) is 0 Å². The maximum absolute atomic E-state index is 12.0. The standard InChI is InChI=1S/C13H7BrN6O3/c14-7-6-10(16-3-17-11(6)19-8(7)13(22)23)18-5-1-4-2-15-9(4)20-12(5)21/h1-3H,(H,22,23)(H,15,20,21)(H2,16,17,18,19). The molecule has 1 aliphatic rings. The third-order valence-electron chi connectivity index (χ3n) is 3.38. The van der Waals surface area contributed by atoms with Crippen LogP contribution in [0, 0.1) is 0 Å². The van der Waals surface area contributed by atoms with Crippen molar-refractivity contribution in [1.82, 2.24) is 19.9 Å². The number of aromatic amines is 2. The SMILES string of the molecule is O=C(O)c1[nH]c2ncnc(Nc3cc4c([nH]c3=O)=NC=4)c2c1Br. The van der Waals surface area contributed by atoms with Crippen LogP contribution < -0.4 is 21.6 Å². The molecule has 3 aromatic rings. The van der Waals surface area contributed by atoms with Crippen LogP contribution in [0.25, 0.3) is 17.2 Å². The first-order valence-corrected chi connectivity index (χ1v) is 7.18. The van der Waals surface area contributed by atoms with Crippen molar-refractivity contribution in [2.24, 2.45) is 4.99 Å². The van der Waals surface area contributed by atoms with Gasteiger partial charge in [0.2, 0.25) is 0 Å². The Hall–Kier alpha value is -3.01. The lowest BCUT2D eigenvalue weighted by atomic mass is 10.3. The number of nitrogens with zero attached hydrogens (tertiary/aromatic N) is 3. The van der Waals surface area contributed by atoms with Crippen molar-refractivity contribution in [3.8, 4) is 0 Å². The van der Waals surface area contributed by atoms with Gasteiger partial charge < -0.3 is 20.4 Å². The summed E-state index contributed by atoms with van der Waals surface area (Å²) in [5.41, 5.74) is 0.761. The average molecular weight is 375 g/mol. The van der Waals surface area contributed by atoms with Crippen LogP contribution in [0.3, 0.4) is 0 Å². The predicted octanol–water partition coefficient (Wildman–Crippen LogP) is 0.222. The van der Waals surface area contributed by atoms with Gasteiger partial charge in [0.25, 0.3) is 5.56 Å². The maximum atomic E-state index is 12.0. The molecule has 0 saturated heterocycles. The molecule has 4 heterocycles. The van der Waals surface area contributed by atoms with E-state index in [-0.39, 0.29) is 16.9 Å². The minimum atomic E-state index is -1.13. The van der Waals surface area contributed by atoms with E-state index in [2.05, 4.69) is 46.2 Å². The Labute approximate surface area is 135 Å².